The minimum Gasteiger partial charge on any atom is -0.431 e. The molecule has 1 aromatic heterocycles. The Balaban J connectivity index is 2.51. The van der Waals surface area contributed by atoms with Crippen LogP contribution < -0.4 is 10.5 Å². The summed E-state index contributed by atoms with van der Waals surface area (Å²) in [7, 11) is 0. The summed E-state index contributed by atoms with van der Waals surface area (Å²) in [5.41, 5.74) is 6.19. The quantitative estimate of drug-likeness (QED) is 0.390. The van der Waals surface area contributed by atoms with Crippen molar-refractivity contribution in [3.8, 4) is 11.6 Å². The number of aromatic nitrogens is 1. The van der Waals surface area contributed by atoms with Crippen LogP contribution in [0.15, 0.2) is 30.5 Å². The molecule has 0 bridgehead atoms. The first-order chi connectivity index (χ1) is 9.90. The van der Waals surface area contributed by atoms with E-state index in [-0.39, 0.29) is 28.2 Å². The monoisotopic (exact) mass is 306 g/mol. The first-order valence-corrected chi connectivity index (χ1v) is 6.19. The van der Waals surface area contributed by atoms with Crippen LogP contribution in [0.5, 0.6) is 11.6 Å². The summed E-state index contributed by atoms with van der Waals surface area (Å²) in [5, 5.41) is 18.8. The van der Waals surface area contributed by atoms with E-state index < -0.39 is 4.92 Å². The molecule has 108 valence electrons. The Morgan fingerprint density at radius 2 is 2.19 bits per heavy atom. The molecule has 2 rings (SSSR count). The van der Waals surface area contributed by atoms with E-state index in [2.05, 4.69) is 4.98 Å². The highest BCUT2D eigenvalue weighted by atomic mass is 35.5. The Bertz CT molecular complexity index is 733. The van der Waals surface area contributed by atoms with Gasteiger partial charge in [0, 0.05) is 17.3 Å². The Morgan fingerprint density at radius 3 is 2.81 bits per heavy atom. The minimum absolute atomic E-state index is 0.0231. The van der Waals surface area contributed by atoms with Gasteiger partial charge in [0.25, 0.3) is 0 Å². The zero-order valence-corrected chi connectivity index (χ0v) is 11.7. The van der Waals surface area contributed by atoms with Crippen LogP contribution in [0.1, 0.15) is 11.1 Å². The van der Waals surface area contributed by atoms with E-state index in [0.29, 0.717) is 11.1 Å². The van der Waals surface area contributed by atoms with Gasteiger partial charge in [-0.1, -0.05) is 11.6 Å². The summed E-state index contributed by atoms with van der Waals surface area (Å²) in [6.07, 6.45) is 1.47. The van der Waals surface area contributed by atoms with Crippen molar-refractivity contribution >= 4 is 23.1 Å². The summed E-state index contributed by atoms with van der Waals surface area (Å²) in [6, 6.07) is 5.68. The lowest BCUT2D eigenvalue weighted by atomic mass is 10.1. The summed E-state index contributed by atoms with van der Waals surface area (Å²) < 4.78 is 5.47. The fourth-order valence-electron chi connectivity index (χ4n) is 1.76. The molecule has 0 amide bonds. The molecule has 2 aromatic rings. The molecule has 3 N–H and O–H groups in total. The van der Waals surface area contributed by atoms with Crippen LogP contribution in [0.25, 0.3) is 0 Å². The molecule has 0 aliphatic rings. The number of pyridine rings is 1. The van der Waals surface area contributed by atoms with Gasteiger partial charge in [0.05, 0.1) is 10.5 Å². The average molecular weight is 307 g/mol. The molecule has 7 nitrogen and oxygen atoms in total. The van der Waals surface area contributed by atoms with E-state index in [1.807, 2.05) is 0 Å². The van der Waals surface area contributed by atoms with E-state index in [1.165, 1.54) is 24.4 Å². The molecule has 0 atom stereocenters. The zero-order valence-electron chi connectivity index (χ0n) is 11.0. The highest BCUT2D eigenvalue weighted by Crippen LogP contribution is 2.34. The topological polar surface area (TPSA) is 115 Å². The third-order valence-electron chi connectivity index (χ3n) is 2.72. The summed E-state index contributed by atoms with van der Waals surface area (Å²) in [6.45, 7) is 1.74. The molecule has 1 heterocycles. The van der Waals surface area contributed by atoms with Crippen molar-refractivity contribution in [2.45, 2.75) is 6.92 Å². The Labute approximate surface area is 125 Å². The predicted octanol–water partition coefficient (Wildman–Crippen LogP) is 3.03. The molecule has 0 fully saturated rings. The van der Waals surface area contributed by atoms with E-state index in [4.69, 9.17) is 27.5 Å². The number of nitrogens with two attached hydrogens (primary N) is 1. The first kappa shape index (κ1) is 14.7. The standard InChI is InChI=1S/C13H11ClN4O3/c1-7-4-5-17-13(11(7)12(15)16)21-10-3-2-8(14)6-9(10)18(19)20/h2-6H,1H3,(H3,15,16). The molecule has 0 saturated heterocycles. The number of nitrogens with zero attached hydrogens (tertiary/aromatic N) is 2. The number of nitrogens with one attached hydrogen (secondary N) is 1. The van der Waals surface area contributed by atoms with Crippen molar-refractivity contribution in [3.05, 3.63) is 56.7 Å². The Morgan fingerprint density at radius 1 is 1.48 bits per heavy atom. The fourth-order valence-corrected chi connectivity index (χ4v) is 1.93. The van der Waals surface area contributed by atoms with Gasteiger partial charge >= 0.3 is 5.69 Å². The van der Waals surface area contributed by atoms with Crippen LogP contribution in [0.2, 0.25) is 5.02 Å². The molecular weight excluding hydrogens is 296 g/mol. The van der Waals surface area contributed by atoms with E-state index in [0.717, 1.165) is 0 Å². The second kappa shape index (κ2) is 5.76. The fraction of sp³-hybridized carbons (Fsp3) is 0.0769. The van der Waals surface area contributed by atoms with Gasteiger partial charge in [-0.05, 0) is 30.7 Å². The largest absolute Gasteiger partial charge is 0.431 e. The van der Waals surface area contributed by atoms with Crippen LogP contribution in [-0.4, -0.2) is 15.7 Å². The Hall–Kier alpha value is -2.67. The van der Waals surface area contributed by atoms with Crippen LogP contribution >= 0.6 is 11.6 Å². The number of hydrogen-bond acceptors (Lipinski definition) is 5. The third kappa shape index (κ3) is 3.09. The molecule has 0 radical (unpaired) electrons. The average Bonchev–Trinajstić information content (AvgIpc) is 2.40. The van der Waals surface area contributed by atoms with Gasteiger partial charge in [0.1, 0.15) is 5.84 Å². The maximum atomic E-state index is 11.0. The molecule has 0 unspecified atom stereocenters. The highest BCUT2D eigenvalue weighted by Gasteiger charge is 2.19. The SMILES string of the molecule is Cc1ccnc(Oc2ccc(Cl)cc2[N+](=O)[O-])c1C(=N)N. The summed E-state index contributed by atoms with van der Waals surface area (Å²) >= 11 is 5.74. The van der Waals surface area contributed by atoms with Crippen molar-refractivity contribution in [2.24, 2.45) is 5.73 Å². The normalized spacial score (nSPS) is 10.2. The number of ether oxygens (including phenoxy) is 1. The lowest BCUT2D eigenvalue weighted by Gasteiger charge is -2.11. The predicted molar refractivity (Wildman–Crippen MR) is 78.2 cm³/mol. The molecule has 0 saturated carbocycles. The smallest absolute Gasteiger partial charge is 0.313 e. The molecular formula is C13H11ClN4O3. The van der Waals surface area contributed by atoms with Crippen molar-refractivity contribution in [1.82, 2.24) is 4.98 Å². The van der Waals surface area contributed by atoms with E-state index in [9.17, 15) is 10.1 Å². The van der Waals surface area contributed by atoms with Crippen LogP contribution in [0, 0.1) is 22.4 Å². The second-order valence-electron chi connectivity index (χ2n) is 4.19. The van der Waals surface area contributed by atoms with Crippen molar-refractivity contribution < 1.29 is 9.66 Å². The van der Waals surface area contributed by atoms with Gasteiger partial charge in [0.15, 0.2) is 0 Å². The highest BCUT2D eigenvalue weighted by molar-refractivity contribution is 6.30. The maximum absolute atomic E-state index is 11.0. The number of halogens is 1. The number of nitro groups is 1. The molecule has 0 spiro atoms. The number of aryl methyl sites for hydroxylation is 1. The zero-order chi connectivity index (χ0) is 15.6. The van der Waals surface area contributed by atoms with Crippen LogP contribution in [-0.2, 0) is 0 Å². The van der Waals surface area contributed by atoms with Gasteiger partial charge in [-0.3, -0.25) is 15.5 Å². The third-order valence-corrected chi connectivity index (χ3v) is 2.95. The van der Waals surface area contributed by atoms with Gasteiger partial charge < -0.3 is 10.5 Å². The maximum Gasteiger partial charge on any atom is 0.313 e. The Kier molecular flexibility index (Phi) is 4.04. The molecule has 8 heteroatoms. The van der Waals surface area contributed by atoms with Crippen LogP contribution in [0.4, 0.5) is 5.69 Å². The van der Waals surface area contributed by atoms with Crippen molar-refractivity contribution in [1.29, 1.82) is 5.41 Å². The number of amidine groups is 1. The summed E-state index contributed by atoms with van der Waals surface area (Å²) in [4.78, 5) is 14.4. The van der Waals surface area contributed by atoms with E-state index >= 15 is 0 Å². The second-order valence-corrected chi connectivity index (χ2v) is 4.63. The molecule has 1 aromatic carbocycles. The number of nitrogen functional groups attached to an aromatic ring is 1. The first-order valence-electron chi connectivity index (χ1n) is 5.82. The number of hydrogen-bond donors (Lipinski definition) is 2. The van der Waals surface area contributed by atoms with Crippen molar-refractivity contribution in [3.63, 3.8) is 0 Å². The lowest BCUT2D eigenvalue weighted by Crippen LogP contribution is -2.15. The van der Waals surface area contributed by atoms with Gasteiger partial charge in [-0.2, -0.15) is 0 Å². The van der Waals surface area contributed by atoms with Gasteiger partial charge in [-0.15, -0.1) is 0 Å². The number of benzene rings is 1. The number of nitro benzene ring substituents is 1. The van der Waals surface area contributed by atoms with Crippen LogP contribution in [0.3, 0.4) is 0 Å². The van der Waals surface area contributed by atoms with E-state index in [1.54, 1.807) is 13.0 Å². The molecule has 0 aliphatic heterocycles. The number of rotatable bonds is 4. The summed E-state index contributed by atoms with van der Waals surface area (Å²) in [5.74, 6) is -0.217. The molecule has 21 heavy (non-hydrogen) atoms. The van der Waals surface area contributed by atoms with Gasteiger partial charge in [0.2, 0.25) is 11.6 Å². The van der Waals surface area contributed by atoms with Gasteiger partial charge in [-0.25, -0.2) is 4.98 Å². The minimum atomic E-state index is -0.607. The molecule has 0 aliphatic carbocycles. The van der Waals surface area contributed by atoms with Crippen molar-refractivity contribution in [2.75, 3.05) is 0 Å². The lowest BCUT2D eigenvalue weighted by molar-refractivity contribution is -0.385.